The van der Waals surface area contributed by atoms with Crippen LogP contribution < -0.4 is 9.46 Å². The number of hydrogen-bond acceptors (Lipinski definition) is 9. The average Bonchev–Trinajstić information content (AvgIpc) is 2.72. The Labute approximate surface area is 170 Å². The van der Waals surface area contributed by atoms with Crippen molar-refractivity contribution >= 4 is 33.2 Å². The molecule has 0 aliphatic carbocycles. The lowest BCUT2D eigenvalue weighted by atomic mass is 10.2. The number of methoxy groups -OCH3 is 1. The number of phenols is 1. The summed E-state index contributed by atoms with van der Waals surface area (Å²) < 4.78 is 32.0. The van der Waals surface area contributed by atoms with E-state index in [2.05, 4.69) is 25.1 Å². The molecule has 154 valence electrons. The molecular weight excluding hydrogens is 414 g/mol. The van der Waals surface area contributed by atoms with Crippen molar-refractivity contribution in [1.29, 1.82) is 0 Å². The second kappa shape index (κ2) is 8.53. The molecular formula is C18H15N5O6S. The van der Waals surface area contributed by atoms with Gasteiger partial charge in [-0.15, -0.1) is 10.2 Å². The van der Waals surface area contributed by atoms with E-state index in [1.807, 2.05) is 0 Å². The highest BCUT2D eigenvalue weighted by molar-refractivity contribution is 7.92. The molecule has 12 heteroatoms. The van der Waals surface area contributed by atoms with Gasteiger partial charge in [-0.25, -0.2) is 13.2 Å². The second-order valence-electron chi connectivity index (χ2n) is 5.77. The zero-order valence-electron chi connectivity index (χ0n) is 15.4. The third-order valence-electron chi connectivity index (χ3n) is 3.73. The maximum Gasteiger partial charge on any atom is 0.339 e. The number of carboxylic acids is 1. The number of aromatic carboxylic acids is 1. The summed E-state index contributed by atoms with van der Waals surface area (Å²) in [4.78, 5) is 10.9. The van der Waals surface area contributed by atoms with E-state index in [1.165, 1.54) is 55.6 Å². The number of rotatable bonds is 7. The summed E-state index contributed by atoms with van der Waals surface area (Å²) in [5, 5.41) is 33.8. The van der Waals surface area contributed by atoms with E-state index in [9.17, 15) is 18.3 Å². The molecule has 0 amide bonds. The van der Waals surface area contributed by atoms with Crippen LogP contribution in [0.5, 0.6) is 11.6 Å². The molecule has 2 aromatic carbocycles. The Morgan fingerprint density at radius 1 is 1.00 bits per heavy atom. The van der Waals surface area contributed by atoms with Crippen LogP contribution in [0.1, 0.15) is 10.4 Å². The highest BCUT2D eigenvalue weighted by atomic mass is 32.2. The van der Waals surface area contributed by atoms with Crippen LogP contribution in [0, 0.1) is 0 Å². The van der Waals surface area contributed by atoms with E-state index in [1.54, 1.807) is 0 Å². The van der Waals surface area contributed by atoms with Gasteiger partial charge in [-0.05, 0) is 42.5 Å². The number of sulfonamides is 1. The number of carbonyl (C=O) groups is 1. The zero-order valence-corrected chi connectivity index (χ0v) is 16.2. The average molecular weight is 429 g/mol. The van der Waals surface area contributed by atoms with Gasteiger partial charge in [0.2, 0.25) is 5.88 Å². The number of carboxylic acid groups (broad SMARTS) is 1. The lowest BCUT2D eigenvalue weighted by Crippen LogP contribution is -2.14. The van der Waals surface area contributed by atoms with Gasteiger partial charge in [0.05, 0.1) is 23.4 Å². The Hall–Kier alpha value is -4.06. The molecule has 0 saturated carbocycles. The molecule has 3 N–H and O–H groups in total. The molecule has 1 heterocycles. The van der Waals surface area contributed by atoms with Gasteiger partial charge in [-0.1, -0.05) is 0 Å². The van der Waals surface area contributed by atoms with Gasteiger partial charge in [-0.3, -0.25) is 4.72 Å². The topological polar surface area (TPSA) is 163 Å². The Morgan fingerprint density at radius 2 is 1.67 bits per heavy atom. The van der Waals surface area contributed by atoms with E-state index in [-0.39, 0.29) is 27.8 Å². The molecule has 3 rings (SSSR count). The molecule has 0 aliphatic heterocycles. The van der Waals surface area contributed by atoms with Crippen LogP contribution in [0.2, 0.25) is 0 Å². The van der Waals surface area contributed by atoms with Gasteiger partial charge in [-0.2, -0.15) is 10.2 Å². The van der Waals surface area contributed by atoms with Crippen molar-refractivity contribution in [2.24, 2.45) is 10.2 Å². The predicted molar refractivity (Wildman–Crippen MR) is 105 cm³/mol. The molecule has 11 nitrogen and oxygen atoms in total. The number of anilines is 1. The van der Waals surface area contributed by atoms with Crippen molar-refractivity contribution in [3.05, 3.63) is 60.2 Å². The van der Waals surface area contributed by atoms with Gasteiger partial charge in [0.1, 0.15) is 11.3 Å². The van der Waals surface area contributed by atoms with Gasteiger partial charge in [0, 0.05) is 12.1 Å². The van der Waals surface area contributed by atoms with E-state index in [4.69, 9.17) is 9.84 Å². The standard InChI is InChI=1S/C18H15N5O6S/c1-29-17-9-8-16(21-22-17)23-30(27,28)13-5-2-11(3-6-13)19-20-12-4-7-14(18(25)26)15(24)10-12/h2-10,24H,1H3,(H,21,23)(H,25,26). The Bertz CT molecular complexity index is 1190. The van der Waals surface area contributed by atoms with Crippen LogP contribution in [0.15, 0.2) is 69.7 Å². The first-order chi connectivity index (χ1) is 14.3. The smallest absolute Gasteiger partial charge is 0.339 e. The monoisotopic (exact) mass is 429 g/mol. The highest BCUT2D eigenvalue weighted by Crippen LogP contribution is 2.26. The third kappa shape index (κ3) is 4.86. The molecule has 30 heavy (non-hydrogen) atoms. The summed E-state index contributed by atoms with van der Waals surface area (Å²) in [5.74, 6) is -1.42. The number of azo groups is 1. The fraction of sp³-hybridized carbons (Fsp3) is 0.0556. The molecule has 1 aromatic heterocycles. The number of benzene rings is 2. The number of nitrogens with zero attached hydrogens (tertiary/aromatic N) is 4. The maximum atomic E-state index is 12.4. The first kappa shape index (κ1) is 20.7. The highest BCUT2D eigenvalue weighted by Gasteiger charge is 2.15. The number of aromatic nitrogens is 2. The van der Waals surface area contributed by atoms with Crippen molar-refractivity contribution < 1.29 is 28.2 Å². The van der Waals surface area contributed by atoms with Crippen molar-refractivity contribution in [3.8, 4) is 11.6 Å². The van der Waals surface area contributed by atoms with E-state index in [0.29, 0.717) is 5.69 Å². The Balaban J connectivity index is 1.72. The van der Waals surface area contributed by atoms with Crippen LogP contribution in [0.3, 0.4) is 0 Å². The summed E-state index contributed by atoms with van der Waals surface area (Å²) in [7, 11) is -2.47. The molecule has 0 aliphatic rings. The number of hydrogen-bond donors (Lipinski definition) is 3. The number of nitrogens with one attached hydrogen (secondary N) is 1. The quantitative estimate of drug-likeness (QED) is 0.482. The third-order valence-corrected chi connectivity index (χ3v) is 5.10. The molecule has 0 spiro atoms. The SMILES string of the molecule is COc1ccc(NS(=O)(=O)c2ccc(N=Nc3ccc(C(=O)O)c(O)c3)cc2)nn1. The Morgan fingerprint density at radius 3 is 2.23 bits per heavy atom. The first-order valence-corrected chi connectivity index (χ1v) is 9.75. The lowest BCUT2D eigenvalue weighted by molar-refractivity contribution is 0.0693. The molecule has 0 atom stereocenters. The zero-order chi connectivity index (χ0) is 21.7. The predicted octanol–water partition coefficient (Wildman–Crippen LogP) is 3.11. The fourth-order valence-electron chi connectivity index (χ4n) is 2.25. The molecule has 0 saturated heterocycles. The summed E-state index contributed by atoms with van der Waals surface area (Å²) in [6.07, 6.45) is 0. The minimum Gasteiger partial charge on any atom is -0.507 e. The van der Waals surface area contributed by atoms with Gasteiger partial charge < -0.3 is 14.9 Å². The summed E-state index contributed by atoms with van der Waals surface area (Å²) in [5.41, 5.74) is 0.325. The molecule has 3 aromatic rings. The minimum absolute atomic E-state index is 0.0254. The van der Waals surface area contributed by atoms with E-state index < -0.39 is 21.7 Å². The minimum atomic E-state index is -3.89. The van der Waals surface area contributed by atoms with Crippen molar-refractivity contribution in [3.63, 3.8) is 0 Å². The molecule has 0 bridgehead atoms. The normalized spacial score (nSPS) is 11.4. The van der Waals surface area contributed by atoms with E-state index in [0.717, 1.165) is 6.07 Å². The molecule has 0 unspecified atom stereocenters. The summed E-state index contributed by atoms with van der Waals surface area (Å²) in [6, 6.07) is 12.2. The van der Waals surface area contributed by atoms with Crippen LogP contribution in [-0.2, 0) is 10.0 Å². The number of ether oxygens (including phenoxy) is 1. The maximum absolute atomic E-state index is 12.4. The van der Waals surface area contributed by atoms with Crippen LogP contribution in [0.4, 0.5) is 17.2 Å². The first-order valence-electron chi connectivity index (χ1n) is 8.27. The van der Waals surface area contributed by atoms with E-state index >= 15 is 0 Å². The van der Waals surface area contributed by atoms with Crippen LogP contribution in [-0.4, -0.2) is 41.9 Å². The fourth-order valence-corrected chi connectivity index (χ4v) is 3.25. The Kier molecular flexibility index (Phi) is 5.88. The van der Waals surface area contributed by atoms with Crippen molar-refractivity contribution in [2.45, 2.75) is 4.90 Å². The van der Waals surface area contributed by atoms with Crippen LogP contribution >= 0.6 is 0 Å². The number of aromatic hydroxyl groups is 1. The van der Waals surface area contributed by atoms with Crippen molar-refractivity contribution in [2.75, 3.05) is 11.8 Å². The van der Waals surface area contributed by atoms with Gasteiger partial charge >= 0.3 is 5.97 Å². The van der Waals surface area contributed by atoms with Crippen molar-refractivity contribution in [1.82, 2.24) is 10.2 Å². The summed E-state index contributed by atoms with van der Waals surface area (Å²) >= 11 is 0. The second-order valence-corrected chi connectivity index (χ2v) is 7.45. The van der Waals surface area contributed by atoms with Gasteiger partial charge in [0.25, 0.3) is 10.0 Å². The molecule has 0 radical (unpaired) electrons. The van der Waals surface area contributed by atoms with Crippen LogP contribution in [0.25, 0.3) is 0 Å². The largest absolute Gasteiger partial charge is 0.507 e. The van der Waals surface area contributed by atoms with Gasteiger partial charge in [0.15, 0.2) is 5.82 Å². The molecule has 0 fully saturated rings. The lowest BCUT2D eigenvalue weighted by Gasteiger charge is -2.07. The summed E-state index contributed by atoms with van der Waals surface area (Å²) in [6.45, 7) is 0.